The van der Waals surface area contributed by atoms with Crippen molar-refractivity contribution in [3.8, 4) is 17.2 Å². The summed E-state index contributed by atoms with van der Waals surface area (Å²) >= 11 is 0. The number of nitro benzene ring substituents is 2. The molecule has 172 valence electrons. The second-order valence-electron chi connectivity index (χ2n) is 7.79. The first kappa shape index (κ1) is 22.4. The maximum absolute atomic E-state index is 12.7. The zero-order valence-corrected chi connectivity index (χ0v) is 18.3. The van der Waals surface area contributed by atoms with Gasteiger partial charge in [0.25, 0.3) is 17.3 Å². The van der Waals surface area contributed by atoms with E-state index in [2.05, 4.69) is 10.3 Å². The lowest BCUT2D eigenvalue weighted by molar-refractivity contribution is -0.395. The highest BCUT2D eigenvalue weighted by Gasteiger charge is 2.25. The lowest BCUT2D eigenvalue weighted by Crippen LogP contribution is -2.13. The molecule has 0 aliphatic rings. The van der Waals surface area contributed by atoms with Gasteiger partial charge >= 0.3 is 0 Å². The zero-order chi connectivity index (χ0) is 24.7. The third-order valence-corrected chi connectivity index (χ3v) is 5.31. The van der Waals surface area contributed by atoms with E-state index in [1.807, 2.05) is 26.0 Å². The number of anilines is 1. The fraction of sp³-hybridized carbons (Fsp3) is 0.130. The van der Waals surface area contributed by atoms with Crippen molar-refractivity contribution in [1.29, 1.82) is 0 Å². The van der Waals surface area contributed by atoms with Gasteiger partial charge in [0.15, 0.2) is 5.58 Å². The Morgan fingerprint density at radius 2 is 1.65 bits per heavy atom. The van der Waals surface area contributed by atoms with Gasteiger partial charge in [-0.3, -0.25) is 25.0 Å². The largest absolute Gasteiger partial charge is 0.507 e. The van der Waals surface area contributed by atoms with E-state index < -0.39 is 27.1 Å². The van der Waals surface area contributed by atoms with Gasteiger partial charge in [0.1, 0.15) is 16.8 Å². The first-order valence-electron chi connectivity index (χ1n) is 10.0. The van der Waals surface area contributed by atoms with Crippen LogP contribution in [0.2, 0.25) is 0 Å². The summed E-state index contributed by atoms with van der Waals surface area (Å²) in [4.78, 5) is 38.0. The van der Waals surface area contributed by atoms with Gasteiger partial charge in [-0.1, -0.05) is 6.07 Å². The van der Waals surface area contributed by atoms with Crippen molar-refractivity contribution >= 4 is 34.1 Å². The van der Waals surface area contributed by atoms with E-state index in [0.29, 0.717) is 16.7 Å². The minimum Gasteiger partial charge on any atom is -0.507 e. The molecule has 0 atom stereocenters. The molecule has 4 aromatic rings. The van der Waals surface area contributed by atoms with Crippen LogP contribution in [0.3, 0.4) is 0 Å². The van der Waals surface area contributed by atoms with Crippen LogP contribution in [-0.4, -0.2) is 25.8 Å². The van der Waals surface area contributed by atoms with E-state index in [4.69, 9.17) is 4.42 Å². The van der Waals surface area contributed by atoms with Gasteiger partial charge in [-0.2, -0.15) is 0 Å². The molecular formula is C23H18N4O7. The second kappa shape index (κ2) is 8.28. The molecular weight excluding hydrogens is 444 g/mol. The fourth-order valence-corrected chi connectivity index (χ4v) is 3.68. The minimum atomic E-state index is -0.814. The Morgan fingerprint density at radius 3 is 2.24 bits per heavy atom. The normalized spacial score (nSPS) is 10.9. The molecule has 1 heterocycles. The average molecular weight is 462 g/mol. The first-order valence-corrected chi connectivity index (χ1v) is 10.0. The highest BCUT2D eigenvalue weighted by atomic mass is 16.6. The Labute approximate surface area is 192 Å². The molecule has 1 aromatic heterocycles. The lowest BCUT2D eigenvalue weighted by Gasteiger charge is -2.08. The van der Waals surface area contributed by atoms with E-state index in [1.54, 1.807) is 0 Å². The van der Waals surface area contributed by atoms with Crippen molar-refractivity contribution in [2.45, 2.75) is 20.8 Å². The molecule has 2 N–H and O–H groups in total. The first-order chi connectivity index (χ1) is 16.0. The summed E-state index contributed by atoms with van der Waals surface area (Å²) in [6, 6.07) is 9.99. The minimum absolute atomic E-state index is 0.155. The number of aryl methyl sites for hydroxylation is 2. The van der Waals surface area contributed by atoms with Gasteiger partial charge in [-0.25, -0.2) is 4.98 Å². The van der Waals surface area contributed by atoms with E-state index in [-0.39, 0.29) is 28.5 Å². The number of nitro groups is 2. The highest BCUT2D eigenvalue weighted by molar-refractivity contribution is 6.05. The van der Waals surface area contributed by atoms with Crippen LogP contribution in [-0.2, 0) is 0 Å². The summed E-state index contributed by atoms with van der Waals surface area (Å²) in [5.41, 5.74) is 2.12. The van der Waals surface area contributed by atoms with E-state index in [0.717, 1.165) is 23.3 Å². The molecule has 11 heteroatoms. The van der Waals surface area contributed by atoms with Gasteiger partial charge in [-0.15, -0.1) is 0 Å². The highest BCUT2D eigenvalue weighted by Crippen LogP contribution is 2.35. The van der Waals surface area contributed by atoms with Crippen LogP contribution in [0.5, 0.6) is 5.75 Å². The number of rotatable bonds is 5. The molecule has 0 saturated heterocycles. The molecule has 11 nitrogen and oxygen atoms in total. The molecule has 1 amide bonds. The van der Waals surface area contributed by atoms with Crippen LogP contribution >= 0.6 is 0 Å². The molecule has 0 saturated carbocycles. The number of phenolic OH excluding ortho intramolecular Hbond substituents is 1. The number of nitrogens with zero attached hydrogens (tertiary/aromatic N) is 3. The summed E-state index contributed by atoms with van der Waals surface area (Å²) < 4.78 is 5.81. The molecule has 34 heavy (non-hydrogen) atoms. The van der Waals surface area contributed by atoms with Crippen LogP contribution < -0.4 is 5.32 Å². The van der Waals surface area contributed by atoms with Gasteiger partial charge in [-0.05, 0) is 50.1 Å². The Balaban J connectivity index is 1.65. The lowest BCUT2D eigenvalue weighted by atomic mass is 10.1. The van der Waals surface area contributed by atoms with Crippen LogP contribution in [0.25, 0.3) is 22.6 Å². The van der Waals surface area contributed by atoms with Gasteiger partial charge in [0.05, 0.1) is 21.0 Å². The van der Waals surface area contributed by atoms with Crippen LogP contribution in [0, 0.1) is 41.0 Å². The van der Waals surface area contributed by atoms with Crippen molar-refractivity contribution in [3.63, 3.8) is 0 Å². The van der Waals surface area contributed by atoms with Crippen molar-refractivity contribution < 1.29 is 24.2 Å². The van der Waals surface area contributed by atoms with Crippen LogP contribution in [0.4, 0.5) is 17.1 Å². The molecule has 0 radical (unpaired) electrons. The number of hydrogen-bond donors (Lipinski definition) is 2. The number of carbonyl (C=O) groups is 1. The Bertz CT molecular complexity index is 1470. The van der Waals surface area contributed by atoms with Gasteiger partial charge < -0.3 is 14.8 Å². The molecule has 0 aliphatic heterocycles. The second-order valence-corrected chi connectivity index (χ2v) is 7.79. The number of aromatic nitrogens is 1. The fourth-order valence-electron chi connectivity index (χ4n) is 3.68. The van der Waals surface area contributed by atoms with Crippen molar-refractivity contribution in [3.05, 3.63) is 84.9 Å². The SMILES string of the molecule is Cc1cc(C)c2oc(-c3ccc(NC(=O)c4cc([N+](=O)[O-])c(C)c([N+](=O)[O-])c4)cc3O)nc2c1. The molecule has 0 fully saturated rings. The van der Waals surface area contributed by atoms with Crippen LogP contribution in [0.1, 0.15) is 27.0 Å². The quantitative estimate of drug-likeness (QED) is 0.302. The summed E-state index contributed by atoms with van der Waals surface area (Å²) in [5.74, 6) is -0.838. The number of hydrogen-bond acceptors (Lipinski definition) is 8. The Kier molecular flexibility index (Phi) is 5.45. The molecule has 0 bridgehead atoms. The number of phenols is 1. The number of oxazole rings is 1. The van der Waals surface area contributed by atoms with E-state index in [9.17, 15) is 30.1 Å². The molecule has 0 spiro atoms. The van der Waals surface area contributed by atoms with E-state index in [1.165, 1.54) is 25.1 Å². The molecule has 0 unspecified atom stereocenters. The maximum atomic E-state index is 12.7. The standard InChI is InChI=1S/C23H18N4O7/c1-11-6-12(2)21-17(7-11)25-23(34-21)16-5-4-15(10-20(16)28)24-22(29)14-8-18(26(30)31)13(3)19(9-14)27(32)33/h4-10,28H,1-3H3,(H,24,29). The Morgan fingerprint density at radius 1 is 1.00 bits per heavy atom. The van der Waals surface area contributed by atoms with Crippen LogP contribution in [0.15, 0.2) is 46.9 Å². The van der Waals surface area contributed by atoms with Gasteiger partial charge in [0, 0.05) is 23.9 Å². The van der Waals surface area contributed by atoms with Crippen molar-refractivity contribution in [2.24, 2.45) is 0 Å². The molecule has 4 rings (SSSR count). The number of carbonyl (C=O) groups excluding carboxylic acids is 1. The zero-order valence-electron chi connectivity index (χ0n) is 18.3. The monoisotopic (exact) mass is 462 g/mol. The maximum Gasteiger partial charge on any atom is 0.279 e. The van der Waals surface area contributed by atoms with Crippen molar-refractivity contribution in [1.82, 2.24) is 4.98 Å². The number of fused-ring (bicyclic) bond motifs is 1. The number of aromatic hydroxyl groups is 1. The number of amides is 1. The smallest absolute Gasteiger partial charge is 0.279 e. The summed E-state index contributed by atoms with van der Waals surface area (Å²) in [6.07, 6.45) is 0. The number of nitrogens with one attached hydrogen (secondary N) is 1. The predicted molar refractivity (Wildman–Crippen MR) is 123 cm³/mol. The molecule has 0 aliphatic carbocycles. The summed E-state index contributed by atoms with van der Waals surface area (Å²) in [7, 11) is 0. The Hall–Kier alpha value is -4.80. The predicted octanol–water partition coefficient (Wildman–Crippen LogP) is 5.19. The third kappa shape index (κ3) is 4.01. The molecule has 3 aromatic carbocycles. The van der Waals surface area contributed by atoms with E-state index >= 15 is 0 Å². The summed E-state index contributed by atoms with van der Waals surface area (Å²) in [5, 5.41) is 35.5. The summed E-state index contributed by atoms with van der Waals surface area (Å²) in [6.45, 7) is 5.07. The topological polar surface area (TPSA) is 162 Å². The van der Waals surface area contributed by atoms with Gasteiger partial charge in [0.2, 0.25) is 5.89 Å². The average Bonchev–Trinajstić information content (AvgIpc) is 3.17. The number of benzene rings is 3. The van der Waals surface area contributed by atoms with Crippen molar-refractivity contribution in [2.75, 3.05) is 5.32 Å². The third-order valence-electron chi connectivity index (χ3n) is 5.31.